The predicted octanol–water partition coefficient (Wildman–Crippen LogP) is 5.42. The number of hydrogen-bond acceptors (Lipinski definition) is 8. The molecule has 3 heterocycles. The number of aromatic hydroxyl groups is 1. The molecule has 2 aliphatic heterocycles. The van der Waals surface area contributed by atoms with E-state index in [4.69, 9.17) is 24.6 Å². The number of benzene rings is 1. The molecule has 9 heteroatoms. The lowest BCUT2D eigenvalue weighted by Crippen LogP contribution is -2.61. The van der Waals surface area contributed by atoms with Crippen LogP contribution in [0.1, 0.15) is 58.9 Å². The van der Waals surface area contributed by atoms with Gasteiger partial charge in [0.15, 0.2) is 0 Å². The second kappa shape index (κ2) is 11.0. The van der Waals surface area contributed by atoms with E-state index >= 15 is 0 Å². The average molecular weight is 511 g/mol. The summed E-state index contributed by atoms with van der Waals surface area (Å²) in [6.45, 7) is 9.85. The van der Waals surface area contributed by atoms with Crippen LogP contribution in [0.2, 0.25) is 0 Å². The number of carbonyl (C=O) groups is 1. The third-order valence-electron chi connectivity index (χ3n) is 6.79. The van der Waals surface area contributed by atoms with Crippen molar-refractivity contribution in [2.45, 2.75) is 65.2 Å². The monoisotopic (exact) mass is 510 g/mol. The van der Waals surface area contributed by atoms with Gasteiger partial charge in [-0.2, -0.15) is 0 Å². The molecule has 3 N–H and O–H groups in total. The van der Waals surface area contributed by atoms with E-state index in [0.717, 1.165) is 31.2 Å². The molecular weight excluding hydrogens is 472 g/mol. The van der Waals surface area contributed by atoms with Gasteiger partial charge >= 0.3 is 6.09 Å². The summed E-state index contributed by atoms with van der Waals surface area (Å²) in [4.78, 5) is 19.0. The van der Waals surface area contributed by atoms with Crippen LogP contribution in [0.4, 0.5) is 10.6 Å². The summed E-state index contributed by atoms with van der Waals surface area (Å²) in [5.74, 6) is 1.24. The first-order valence-corrected chi connectivity index (χ1v) is 13.0. The van der Waals surface area contributed by atoms with Crippen LogP contribution in [0, 0.1) is 10.8 Å². The van der Waals surface area contributed by atoms with Gasteiger partial charge in [0.2, 0.25) is 0 Å². The number of phenolic OH excluding ortho intramolecular Hbond substituents is 1. The summed E-state index contributed by atoms with van der Waals surface area (Å²) in [6, 6.07) is 8.65. The van der Waals surface area contributed by atoms with Crippen molar-refractivity contribution in [1.29, 1.82) is 5.41 Å². The molecule has 0 aliphatic carbocycles. The highest BCUT2D eigenvalue weighted by atomic mass is 16.6. The Hall–Kier alpha value is -3.33. The molecule has 1 atom stereocenters. The lowest BCUT2D eigenvalue weighted by Gasteiger charge is -2.49. The summed E-state index contributed by atoms with van der Waals surface area (Å²) < 4.78 is 17.7. The van der Waals surface area contributed by atoms with E-state index in [0.29, 0.717) is 49.1 Å². The molecule has 0 saturated carbocycles. The zero-order valence-corrected chi connectivity index (χ0v) is 22.2. The number of phenols is 1. The first-order chi connectivity index (χ1) is 17.6. The summed E-state index contributed by atoms with van der Waals surface area (Å²) >= 11 is 0. The maximum atomic E-state index is 12.5. The van der Waals surface area contributed by atoms with Crippen molar-refractivity contribution in [2.24, 2.45) is 5.41 Å². The Labute approximate surface area is 218 Å². The van der Waals surface area contributed by atoms with E-state index in [1.54, 1.807) is 29.2 Å². The van der Waals surface area contributed by atoms with Crippen LogP contribution in [0.15, 0.2) is 30.3 Å². The summed E-state index contributed by atoms with van der Waals surface area (Å²) in [7, 11) is 0. The van der Waals surface area contributed by atoms with Gasteiger partial charge in [-0.25, -0.2) is 9.78 Å². The number of nitrogens with one attached hydrogen (secondary N) is 2. The number of pyridine rings is 1. The van der Waals surface area contributed by atoms with Gasteiger partial charge in [0.25, 0.3) is 0 Å². The Morgan fingerprint density at radius 2 is 2.03 bits per heavy atom. The van der Waals surface area contributed by atoms with E-state index in [1.807, 2.05) is 26.8 Å². The number of likely N-dealkylation sites (tertiary alicyclic amines) is 1. The van der Waals surface area contributed by atoms with E-state index < -0.39 is 5.60 Å². The fraction of sp³-hybridized carbons (Fsp3) is 0.536. The van der Waals surface area contributed by atoms with Gasteiger partial charge in [-0.05, 0) is 70.7 Å². The first kappa shape index (κ1) is 26.7. The topological polar surface area (TPSA) is 117 Å². The zero-order valence-electron chi connectivity index (χ0n) is 22.2. The van der Waals surface area contributed by atoms with Crippen LogP contribution in [0.3, 0.4) is 0 Å². The van der Waals surface area contributed by atoms with Gasteiger partial charge in [0, 0.05) is 43.0 Å². The number of amides is 1. The number of ether oxygens (including phenoxy) is 3. The van der Waals surface area contributed by atoms with Gasteiger partial charge in [-0.1, -0.05) is 6.92 Å². The Bertz CT molecular complexity index is 1100. The minimum absolute atomic E-state index is 0.176. The van der Waals surface area contributed by atoms with Crippen molar-refractivity contribution in [1.82, 2.24) is 9.88 Å². The van der Waals surface area contributed by atoms with E-state index in [9.17, 15) is 9.90 Å². The molecule has 2 aliphatic rings. The number of hydrogen-bond donors (Lipinski definition) is 3. The Morgan fingerprint density at radius 1 is 1.30 bits per heavy atom. The maximum absolute atomic E-state index is 12.5. The molecular formula is C28H38N4O5. The van der Waals surface area contributed by atoms with Crippen LogP contribution in [0.5, 0.6) is 11.5 Å². The number of aromatic nitrogens is 1. The van der Waals surface area contributed by atoms with Crippen molar-refractivity contribution < 1.29 is 24.1 Å². The smallest absolute Gasteiger partial charge is 0.410 e. The molecule has 1 unspecified atom stereocenters. The molecule has 0 bridgehead atoms. The molecule has 9 nitrogen and oxygen atoms in total. The highest BCUT2D eigenvalue weighted by molar-refractivity contribution is 5.89. The van der Waals surface area contributed by atoms with Gasteiger partial charge in [0.05, 0.1) is 17.9 Å². The van der Waals surface area contributed by atoms with Crippen molar-refractivity contribution in [3.8, 4) is 22.8 Å². The predicted molar refractivity (Wildman–Crippen MR) is 142 cm³/mol. The second-order valence-corrected chi connectivity index (χ2v) is 10.9. The van der Waals surface area contributed by atoms with Crippen LogP contribution in [-0.2, 0) is 9.47 Å². The van der Waals surface area contributed by atoms with Crippen LogP contribution < -0.4 is 10.1 Å². The van der Waals surface area contributed by atoms with Crippen LogP contribution in [0.25, 0.3) is 11.3 Å². The quantitative estimate of drug-likeness (QED) is 0.406. The summed E-state index contributed by atoms with van der Waals surface area (Å²) in [5.41, 5.74) is 1.29. The Kier molecular flexibility index (Phi) is 7.92. The summed E-state index contributed by atoms with van der Waals surface area (Å²) in [6.07, 6.45) is 4.55. The highest BCUT2D eigenvalue weighted by Crippen LogP contribution is 2.38. The molecule has 1 amide bonds. The van der Waals surface area contributed by atoms with E-state index in [1.165, 1.54) is 6.21 Å². The maximum Gasteiger partial charge on any atom is 0.410 e. The van der Waals surface area contributed by atoms with Crippen molar-refractivity contribution >= 4 is 18.1 Å². The summed E-state index contributed by atoms with van der Waals surface area (Å²) in [5, 5.41) is 21.2. The van der Waals surface area contributed by atoms with Gasteiger partial charge in [-0.3, -0.25) is 0 Å². The Balaban J connectivity index is 1.57. The average Bonchev–Trinajstić information content (AvgIpc) is 2.83. The molecule has 1 aromatic heterocycles. The largest absolute Gasteiger partial charge is 0.508 e. The van der Waals surface area contributed by atoms with E-state index in [2.05, 4.69) is 12.2 Å². The number of rotatable bonds is 8. The SMILES string of the molecule is CCC1(COc2cc(-c3ccc(O)cc3)nc(NC3CCCCO3)c2C=N)CN(C(=O)OC(C)(C)C)C1. The van der Waals surface area contributed by atoms with Crippen molar-refractivity contribution in [2.75, 3.05) is 31.6 Å². The molecule has 200 valence electrons. The molecule has 2 fully saturated rings. The number of carbonyl (C=O) groups excluding carboxylic acids is 1. The van der Waals surface area contributed by atoms with Crippen molar-refractivity contribution in [3.05, 3.63) is 35.9 Å². The molecule has 0 spiro atoms. The lowest BCUT2D eigenvalue weighted by molar-refractivity contribution is -0.0528. The standard InChI is InChI=1S/C28H38N4O5/c1-5-28(16-32(17-28)26(34)37-27(2,3)4)18-36-23-14-22(19-9-11-20(33)12-10-19)30-25(21(23)15-29)31-24-8-6-7-13-35-24/h9-12,14-15,24,29,33H,5-8,13,16-18H2,1-4H3,(H,30,31). The second-order valence-electron chi connectivity index (χ2n) is 10.9. The third-order valence-corrected chi connectivity index (χ3v) is 6.79. The lowest BCUT2D eigenvalue weighted by atomic mass is 9.78. The van der Waals surface area contributed by atoms with Crippen molar-refractivity contribution in [3.63, 3.8) is 0 Å². The van der Waals surface area contributed by atoms with Gasteiger partial charge < -0.3 is 34.9 Å². The van der Waals surface area contributed by atoms with Gasteiger partial charge in [0.1, 0.15) is 29.1 Å². The highest BCUT2D eigenvalue weighted by Gasteiger charge is 2.46. The fourth-order valence-corrected chi connectivity index (χ4v) is 4.55. The minimum Gasteiger partial charge on any atom is -0.508 e. The number of nitrogens with zero attached hydrogens (tertiary/aromatic N) is 2. The molecule has 2 saturated heterocycles. The normalized spacial score (nSPS) is 19.0. The number of anilines is 1. The van der Waals surface area contributed by atoms with E-state index in [-0.39, 0.29) is 23.5 Å². The molecule has 1 aromatic carbocycles. The zero-order chi connectivity index (χ0) is 26.6. The minimum atomic E-state index is -0.538. The fourth-order valence-electron chi connectivity index (χ4n) is 4.55. The van der Waals surface area contributed by atoms with Crippen LogP contribution in [-0.4, -0.2) is 65.4 Å². The van der Waals surface area contributed by atoms with Gasteiger partial charge in [-0.15, -0.1) is 0 Å². The third kappa shape index (κ3) is 6.52. The molecule has 37 heavy (non-hydrogen) atoms. The van der Waals surface area contributed by atoms with Crippen LogP contribution >= 0.6 is 0 Å². The molecule has 2 aromatic rings. The molecule has 0 radical (unpaired) electrons. The Morgan fingerprint density at radius 3 is 2.62 bits per heavy atom. The first-order valence-electron chi connectivity index (χ1n) is 13.0. The molecule has 4 rings (SSSR count).